The van der Waals surface area contributed by atoms with Crippen LogP contribution in [-0.2, 0) is 6.54 Å². The van der Waals surface area contributed by atoms with Crippen LogP contribution in [0.5, 0.6) is 0 Å². The van der Waals surface area contributed by atoms with E-state index in [1.165, 1.54) is 65.9 Å². The smallest absolute Gasteiger partial charge is 0.0491 e. The van der Waals surface area contributed by atoms with Gasteiger partial charge in [0.05, 0.1) is 0 Å². The number of hydrogen-bond donors (Lipinski definition) is 0. The molecule has 116 valence electrons. The first-order valence-electron chi connectivity index (χ1n) is 8.79. The molecule has 0 fully saturated rings. The second-order valence-corrected chi connectivity index (χ2v) is 6.46. The Morgan fingerprint density at radius 2 is 1.50 bits per heavy atom. The molecule has 0 bridgehead atoms. The van der Waals surface area contributed by atoms with Crippen molar-refractivity contribution in [1.29, 1.82) is 0 Å². The monoisotopic (exact) mass is 293 g/mol. The van der Waals surface area contributed by atoms with E-state index in [1.54, 1.807) is 0 Å². The van der Waals surface area contributed by atoms with Crippen molar-refractivity contribution in [2.75, 3.05) is 0 Å². The van der Waals surface area contributed by atoms with Crippen LogP contribution in [0, 0.1) is 6.92 Å². The van der Waals surface area contributed by atoms with Gasteiger partial charge >= 0.3 is 0 Å². The van der Waals surface area contributed by atoms with Gasteiger partial charge in [-0.2, -0.15) is 0 Å². The van der Waals surface area contributed by atoms with E-state index in [9.17, 15) is 0 Å². The number of nitrogens with zero attached hydrogens (tertiary/aromatic N) is 1. The molecule has 1 heteroatoms. The second-order valence-electron chi connectivity index (χ2n) is 6.46. The lowest BCUT2D eigenvalue weighted by Gasteiger charge is -2.07. The average Bonchev–Trinajstić information content (AvgIpc) is 2.84. The van der Waals surface area contributed by atoms with E-state index in [-0.39, 0.29) is 0 Å². The number of fused-ring (bicyclic) bond motifs is 3. The molecule has 22 heavy (non-hydrogen) atoms. The third-order valence-electron chi connectivity index (χ3n) is 4.66. The summed E-state index contributed by atoms with van der Waals surface area (Å²) in [4.78, 5) is 0. The summed E-state index contributed by atoms with van der Waals surface area (Å²) in [6.45, 7) is 5.60. The van der Waals surface area contributed by atoms with Crippen molar-refractivity contribution in [3.63, 3.8) is 0 Å². The van der Waals surface area contributed by atoms with Crippen molar-refractivity contribution in [2.24, 2.45) is 0 Å². The predicted octanol–water partition coefficient (Wildman–Crippen LogP) is 6.46. The lowest BCUT2D eigenvalue weighted by atomic mass is 10.1. The van der Waals surface area contributed by atoms with Gasteiger partial charge in [0.1, 0.15) is 0 Å². The molecule has 0 atom stereocenters. The quantitative estimate of drug-likeness (QED) is 0.440. The molecule has 2 aromatic carbocycles. The summed E-state index contributed by atoms with van der Waals surface area (Å²) in [5.74, 6) is 0. The molecule has 0 spiro atoms. The Bertz CT molecular complexity index is 751. The molecule has 0 N–H and O–H groups in total. The van der Waals surface area contributed by atoms with Gasteiger partial charge in [0, 0.05) is 28.4 Å². The Morgan fingerprint density at radius 1 is 0.773 bits per heavy atom. The number of aromatic nitrogens is 1. The molecular weight excluding hydrogens is 266 g/mol. The summed E-state index contributed by atoms with van der Waals surface area (Å²) in [5, 5.41) is 2.80. The van der Waals surface area contributed by atoms with Crippen molar-refractivity contribution in [3.8, 4) is 0 Å². The van der Waals surface area contributed by atoms with Gasteiger partial charge in [0.2, 0.25) is 0 Å². The van der Waals surface area contributed by atoms with Crippen molar-refractivity contribution >= 4 is 21.8 Å². The Kier molecular flexibility index (Phi) is 4.82. The Hall–Kier alpha value is -1.76. The number of para-hydroxylation sites is 1. The Balaban J connectivity index is 1.84. The van der Waals surface area contributed by atoms with Crippen LogP contribution in [0.4, 0.5) is 0 Å². The van der Waals surface area contributed by atoms with Crippen LogP contribution in [0.25, 0.3) is 21.8 Å². The van der Waals surface area contributed by atoms with Crippen LogP contribution in [-0.4, -0.2) is 4.57 Å². The van der Waals surface area contributed by atoms with E-state index in [0.29, 0.717) is 0 Å². The maximum absolute atomic E-state index is 2.52. The highest BCUT2D eigenvalue weighted by Crippen LogP contribution is 2.30. The van der Waals surface area contributed by atoms with Gasteiger partial charge in [-0.25, -0.2) is 0 Å². The second kappa shape index (κ2) is 7.00. The average molecular weight is 293 g/mol. The standard InChI is InChI=1S/C21H27N/c1-3-4-5-6-7-10-15-22-20-12-9-8-11-18(20)19-16-17(2)13-14-21(19)22/h8-9,11-14,16H,3-7,10,15H2,1-2H3. The highest BCUT2D eigenvalue weighted by Gasteiger charge is 2.09. The van der Waals surface area contributed by atoms with Crippen molar-refractivity contribution < 1.29 is 0 Å². The first-order chi connectivity index (χ1) is 10.8. The summed E-state index contributed by atoms with van der Waals surface area (Å²) >= 11 is 0. The number of hydrogen-bond acceptors (Lipinski definition) is 0. The van der Waals surface area contributed by atoms with Gasteiger partial charge in [-0.15, -0.1) is 0 Å². The highest BCUT2D eigenvalue weighted by atomic mass is 15.0. The first-order valence-corrected chi connectivity index (χ1v) is 8.79. The molecule has 0 radical (unpaired) electrons. The third-order valence-corrected chi connectivity index (χ3v) is 4.66. The molecule has 0 aliphatic rings. The SMILES string of the molecule is CCCCCCCCn1c2ccccc2c2cc(C)ccc21. The minimum Gasteiger partial charge on any atom is -0.340 e. The number of benzene rings is 2. The topological polar surface area (TPSA) is 4.93 Å². The van der Waals surface area contributed by atoms with E-state index in [2.05, 4.69) is 60.9 Å². The van der Waals surface area contributed by atoms with E-state index in [4.69, 9.17) is 0 Å². The van der Waals surface area contributed by atoms with E-state index in [1.807, 2.05) is 0 Å². The van der Waals surface area contributed by atoms with Crippen LogP contribution in [0.3, 0.4) is 0 Å². The van der Waals surface area contributed by atoms with Gasteiger partial charge in [-0.05, 0) is 31.5 Å². The normalized spacial score (nSPS) is 11.5. The summed E-state index contributed by atoms with van der Waals surface area (Å²) in [5.41, 5.74) is 4.12. The maximum atomic E-state index is 2.52. The van der Waals surface area contributed by atoms with Gasteiger partial charge in [-0.3, -0.25) is 0 Å². The van der Waals surface area contributed by atoms with Crippen LogP contribution in [0.1, 0.15) is 51.0 Å². The number of aryl methyl sites for hydroxylation is 2. The van der Waals surface area contributed by atoms with Gasteiger partial charge < -0.3 is 4.57 Å². The molecule has 0 saturated carbocycles. The fraction of sp³-hybridized carbons (Fsp3) is 0.429. The maximum Gasteiger partial charge on any atom is 0.0491 e. The van der Waals surface area contributed by atoms with Gasteiger partial charge in [-0.1, -0.05) is 68.9 Å². The molecular formula is C21H27N. The minimum atomic E-state index is 1.14. The molecule has 0 saturated heterocycles. The van der Waals surface area contributed by atoms with E-state index < -0.39 is 0 Å². The summed E-state index contributed by atoms with van der Waals surface area (Å²) in [6, 6.07) is 15.7. The van der Waals surface area contributed by atoms with Gasteiger partial charge in [0.25, 0.3) is 0 Å². The molecule has 3 rings (SSSR count). The highest BCUT2D eigenvalue weighted by molar-refractivity contribution is 6.08. The fourth-order valence-electron chi connectivity index (χ4n) is 3.46. The molecule has 0 aliphatic heterocycles. The minimum absolute atomic E-state index is 1.14. The molecule has 1 aromatic heterocycles. The van der Waals surface area contributed by atoms with E-state index in [0.717, 1.165) is 6.54 Å². The van der Waals surface area contributed by atoms with Gasteiger partial charge in [0.15, 0.2) is 0 Å². The lowest BCUT2D eigenvalue weighted by molar-refractivity contribution is 0.571. The molecule has 0 unspecified atom stereocenters. The summed E-state index contributed by atoms with van der Waals surface area (Å²) in [7, 11) is 0. The number of unbranched alkanes of at least 4 members (excludes halogenated alkanes) is 5. The fourth-order valence-corrected chi connectivity index (χ4v) is 3.46. The molecule has 1 heterocycles. The van der Waals surface area contributed by atoms with Crippen molar-refractivity contribution in [2.45, 2.75) is 58.9 Å². The molecule has 0 amide bonds. The first kappa shape index (κ1) is 15.1. The largest absolute Gasteiger partial charge is 0.340 e. The van der Waals surface area contributed by atoms with Crippen LogP contribution in [0.2, 0.25) is 0 Å². The third kappa shape index (κ3) is 3.04. The zero-order valence-corrected chi connectivity index (χ0v) is 13.9. The molecule has 3 aromatic rings. The zero-order valence-electron chi connectivity index (χ0n) is 13.9. The lowest BCUT2D eigenvalue weighted by Crippen LogP contribution is -1.97. The zero-order chi connectivity index (χ0) is 15.4. The Labute approximate surface area is 133 Å². The summed E-state index contributed by atoms with van der Waals surface area (Å²) < 4.78 is 2.52. The van der Waals surface area contributed by atoms with Crippen LogP contribution < -0.4 is 0 Å². The van der Waals surface area contributed by atoms with Crippen molar-refractivity contribution in [3.05, 3.63) is 48.0 Å². The van der Waals surface area contributed by atoms with Crippen molar-refractivity contribution in [1.82, 2.24) is 4.57 Å². The van der Waals surface area contributed by atoms with Crippen LogP contribution >= 0.6 is 0 Å². The van der Waals surface area contributed by atoms with Crippen LogP contribution in [0.15, 0.2) is 42.5 Å². The molecule has 1 nitrogen and oxygen atoms in total. The number of rotatable bonds is 7. The predicted molar refractivity (Wildman–Crippen MR) is 97.6 cm³/mol. The molecule has 0 aliphatic carbocycles. The Morgan fingerprint density at radius 3 is 2.36 bits per heavy atom. The summed E-state index contributed by atoms with van der Waals surface area (Å²) in [6.07, 6.45) is 8.11. The van der Waals surface area contributed by atoms with E-state index >= 15 is 0 Å².